The second-order valence-corrected chi connectivity index (χ2v) is 4.90. The number of rotatable bonds is 3. The van der Waals surface area contributed by atoms with Gasteiger partial charge in [0.15, 0.2) is 0 Å². The minimum absolute atomic E-state index is 0.00467. The summed E-state index contributed by atoms with van der Waals surface area (Å²) >= 11 is 0. The lowest BCUT2D eigenvalue weighted by Gasteiger charge is -2.29. The maximum atomic E-state index is 12.1. The Morgan fingerprint density at radius 2 is 2.30 bits per heavy atom. The van der Waals surface area contributed by atoms with Crippen LogP contribution in [0, 0.1) is 0 Å². The van der Waals surface area contributed by atoms with Gasteiger partial charge in [-0.3, -0.25) is 4.79 Å². The molecule has 2 aromatic rings. The third-order valence-corrected chi connectivity index (χ3v) is 3.58. The highest BCUT2D eigenvalue weighted by molar-refractivity contribution is 5.96. The number of anilines is 1. The number of fused-ring (bicyclic) bond motifs is 1. The van der Waals surface area contributed by atoms with E-state index in [-0.39, 0.29) is 12.5 Å². The van der Waals surface area contributed by atoms with Gasteiger partial charge in [0.2, 0.25) is 0 Å². The molecule has 0 atom stereocenters. The fourth-order valence-corrected chi connectivity index (χ4v) is 2.63. The van der Waals surface area contributed by atoms with Gasteiger partial charge >= 0.3 is 0 Å². The molecule has 0 saturated heterocycles. The SMILES string of the molecule is COCC(=O)N1CCCc2ccc(-c3ccco3)cc21. The summed E-state index contributed by atoms with van der Waals surface area (Å²) in [5.41, 5.74) is 3.18. The van der Waals surface area contributed by atoms with Crippen LogP contribution < -0.4 is 4.90 Å². The van der Waals surface area contributed by atoms with E-state index >= 15 is 0 Å². The van der Waals surface area contributed by atoms with E-state index in [1.807, 2.05) is 29.2 Å². The van der Waals surface area contributed by atoms with Crippen LogP contribution in [0.15, 0.2) is 41.0 Å². The van der Waals surface area contributed by atoms with Gasteiger partial charge in [0.1, 0.15) is 12.4 Å². The van der Waals surface area contributed by atoms with Crippen LogP contribution in [0.2, 0.25) is 0 Å². The van der Waals surface area contributed by atoms with Gasteiger partial charge in [-0.15, -0.1) is 0 Å². The van der Waals surface area contributed by atoms with Crippen LogP contribution in [0.5, 0.6) is 0 Å². The summed E-state index contributed by atoms with van der Waals surface area (Å²) in [4.78, 5) is 14.0. The molecule has 1 aromatic carbocycles. The largest absolute Gasteiger partial charge is 0.464 e. The fraction of sp³-hybridized carbons (Fsp3) is 0.312. The number of benzene rings is 1. The van der Waals surface area contributed by atoms with Crippen molar-refractivity contribution in [2.24, 2.45) is 0 Å². The van der Waals surface area contributed by atoms with E-state index in [9.17, 15) is 4.79 Å². The van der Waals surface area contributed by atoms with Crippen molar-refractivity contribution in [2.45, 2.75) is 12.8 Å². The van der Waals surface area contributed by atoms with Gasteiger partial charge in [-0.1, -0.05) is 12.1 Å². The third-order valence-electron chi connectivity index (χ3n) is 3.58. The van der Waals surface area contributed by atoms with Gasteiger partial charge in [0.25, 0.3) is 5.91 Å². The summed E-state index contributed by atoms with van der Waals surface area (Å²) in [6.45, 7) is 0.862. The first-order valence-corrected chi connectivity index (χ1v) is 6.75. The number of methoxy groups -OCH3 is 1. The summed E-state index contributed by atoms with van der Waals surface area (Å²) in [6.07, 6.45) is 3.65. The molecule has 0 aliphatic carbocycles. The number of ether oxygens (including phenoxy) is 1. The molecule has 3 rings (SSSR count). The number of hydrogen-bond donors (Lipinski definition) is 0. The Bertz CT molecular complexity index is 604. The lowest BCUT2D eigenvalue weighted by molar-refractivity contribution is -0.122. The normalized spacial score (nSPS) is 14.2. The molecule has 2 heterocycles. The highest BCUT2D eigenvalue weighted by Crippen LogP contribution is 2.32. The zero-order valence-electron chi connectivity index (χ0n) is 11.5. The summed E-state index contributed by atoms with van der Waals surface area (Å²) in [7, 11) is 1.54. The van der Waals surface area contributed by atoms with Crippen molar-refractivity contribution < 1.29 is 13.9 Å². The van der Waals surface area contributed by atoms with Crippen molar-refractivity contribution in [3.63, 3.8) is 0 Å². The van der Waals surface area contributed by atoms with Crippen molar-refractivity contribution in [3.05, 3.63) is 42.2 Å². The number of aryl methyl sites for hydroxylation is 1. The molecular weight excluding hydrogens is 254 g/mol. The lowest BCUT2D eigenvalue weighted by Crippen LogP contribution is -2.37. The summed E-state index contributed by atoms with van der Waals surface area (Å²) < 4.78 is 10.4. The van der Waals surface area contributed by atoms with Crippen molar-refractivity contribution in [1.29, 1.82) is 0 Å². The highest BCUT2D eigenvalue weighted by atomic mass is 16.5. The Labute approximate surface area is 118 Å². The van der Waals surface area contributed by atoms with Crippen molar-refractivity contribution in [2.75, 3.05) is 25.2 Å². The summed E-state index contributed by atoms with van der Waals surface area (Å²) in [6, 6.07) is 9.94. The molecule has 0 fully saturated rings. The second-order valence-electron chi connectivity index (χ2n) is 4.90. The lowest BCUT2D eigenvalue weighted by atomic mass is 9.98. The molecule has 0 spiro atoms. The predicted octanol–water partition coefficient (Wildman–Crippen LogP) is 2.87. The first-order valence-electron chi connectivity index (χ1n) is 6.75. The molecule has 0 N–H and O–H groups in total. The van der Waals surface area contributed by atoms with E-state index in [0.29, 0.717) is 0 Å². The zero-order valence-corrected chi connectivity index (χ0v) is 11.5. The molecule has 4 heteroatoms. The molecule has 20 heavy (non-hydrogen) atoms. The Morgan fingerprint density at radius 1 is 1.40 bits per heavy atom. The maximum absolute atomic E-state index is 12.1. The van der Waals surface area contributed by atoms with Gasteiger partial charge in [0.05, 0.1) is 6.26 Å². The van der Waals surface area contributed by atoms with Crippen molar-refractivity contribution >= 4 is 11.6 Å². The average molecular weight is 271 g/mol. The molecular formula is C16H17NO3. The smallest absolute Gasteiger partial charge is 0.252 e. The standard InChI is InChI=1S/C16H17NO3/c1-19-11-16(18)17-8-2-4-12-6-7-13(10-14(12)17)15-5-3-9-20-15/h3,5-7,9-10H,2,4,8,11H2,1H3. The van der Waals surface area contributed by atoms with Crippen LogP contribution in [0.1, 0.15) is 12.0 Å². The van der Waals surface area contributed by atoms with Crippen LogP contribution in [0.4, 0.5) is 5.69 Å². The predicted molar refractivity (Wildman–Crippen MR) is 76.7 cm³/mol. The number of hydrogen-bond acceptors (Lipinski definition) is 3. The van der Waals surface area contributed by atoms with E-state index in [4.69, 9.17) is 9.15 Å². The molecule has 1 aromatic heterocycles. The highest BCUT2D eigenvalue weighted by Gasteiger charge is 2.23. The molecule has 0 unspecified atom stereocenters. The van der Waals surface area contributed by atoms with Crippen LogP contribution in [-0.4, -0.2) is 26.2 Å². The first kappa shape index (κ1) is 12.9. The minimum atomic E-state index is 0.00467. The van der Waals surface area contributed by atoms with E-state index < -0.39 is 0 Å². The topological polar surface area (TPSA) is 42.7 Å². The van der Waals surface area contributed by atoms with Gasteiger partial charge < -0.3 is 14.1 Å². The van der Waals surface area contributed by atoms with Gasteiger partial charge in [-0.05, 0) is 36.6 Å². The van der Waals surface area contributed by atoms with Crippen molar-refractivity contribution in [1.82, 2.24) is 0 Å². The number of furan rings is 1. The quantitative estimate of drug-likeness (QED) is 0.862. The second kappa shape index (κ2) is 5.51. The minimum Gasteiger partial charge on any atom is -0.464 e. The molecule has 1 aliphatic heterocycles. The van der Waals surface area contributed by atoms with Crippen LogP contribution in [0.3, 0.4) is 0 Å². The number of amides is 1. The number of nitrogens with zero attached hydrogens (tertiary/aromatic N) is 1. The Kier molecular flexibility index (Phi) is 3.56. The number of carbonyl (C=O) groups excluding carboxylic acids is 1. The van der Waals surface area contributed by atoms with Crippen LogP contribution in [-0.2, 0) is 16.0 Å². The maximum Gasteiger partial charge on any atom is 0.252 e. The van der Waals surface area contributed by atoms with Crippen LogP contribution in [0.25, 0.3) is 11.3 Å². The molecule has 1 amide bonds. The fourth-order valence-electron chi connectivity index (χ4n) is 2.63. The summed E-state index contributed by atoms with van der Waals surface area (Å²) in [5.74, 6) is 0.822. The molecule has 104 valence electrons. The van der Waals surface area contributed by atoms with Gasteiger partial charge in [0, 0.05) is 24.9 Å². The van der Waals surface area contributed by atoms with E-state index in [0.717, 1.165) is 36.4 Å². The number of carbonyl (C=O) groups is 1. The van der Waals surface area contributed by atoms with Gasteiger partial charge in [-0.25, -0.2) is 0 Å². The summed E-state index contributed by atoms with van der Waals surface area (Å²) in [5, 5.41) is 0. The Morgan fingerprint density at radius 3 is 3.05 bits per heavy atom. The first-order chi connectivity index (χ1) is 9.79. The average Bonchev–Trinajstić information content (AvgIpc) is 3.00. The molecule has 0 radical (unpaired) electrons. The Hall–Kier alpha value is -2.07. The molecule has 1 aliphatic rings. The van der Waals surface area contributed by atoms with Gasteiger partial charge in [-0.2, -0.15) is 0 Å². The van der Waals surface area contributed by atoms with Crippen molar-refractivity contribution in [3.8, 4) is 11.3 Å². The molecule has 0 saturated carbocycles. The zero-order chi connectivity index (χ0) is 13.9. The molecule has 4 nitrogen and oxygen atoms in total. The van der Waals surface area contributed by atoms with E-state index in [2.05, 4.69) is 6.07 Å². The van der Waals surface area contributed by atoms with E-state index in [1.54, 1.807) is 13.4 Å². The molecule has 0 bridgehead atoms. The van der Waals surface area contributed by atoms with E-state index in [1.165, 1.54) is 5.56 Å². The Balaban J connectivity index is 1.98. The monoisotopic (exact) mass is 271 g/mol. The third kappa shape index (κ3) is 2.34. The van der Waals surface area contributed by atoms with Crippen LogP contribution >= 0.6 is 0 Å².